The molecule has 4 aromatic rings. The minimum atomic E-state index is -0.466. The van der Waals surface area contributed by atoms with Crippen LogP contribution in [0.5, 0.6) is 0 Å². The summed E-state index contributed by atoms with van der Waals surface area (Å²) in [5, 5.41) is 22.0. The average Bonchev–Trinajstić information content (AvgIpc) is 3.49. The number of anilines is 3. The van der Waals surface area contributed by atoms with Crippen molar-refractivity contribution < 1.29 is 4.79 Å². The first-order valence-corrected chi connectivity index (χ1v) is 10.5. The number of carbonyl (C=O) groups is 1. The van der Waals surface area contributed by atoms with Gasteiger partial charge in [0, 0.05) is 17.3 Å². The van der Waals surface area contributed by atoms with Crippen LogP contribution >= 0.6 is 11.3 Å². The van der Waals surface area contributed by atoms with Crippen molar-refractivity contribution in [3.05, 3.63) is 53.8 Å². The van der Waals surface area contributed by atoms with Crippen molar-refractivity contribution in [3.63, 3.8) is 0 Å². The number of benzene rings is 1. The lowest BCUT2D eigenvalue weighted by Crippen LogP contribution is -2.45. The zero-order chi connectivity index (χ0) is 21.4. The second-order valence-corrected chi connectivity index (χ2v) is 7.77. The molecule has 152 valence electrons. The molecular weight excluding hydrogens is 412 g/mol. The van der Waals surface area contributed by atoms with Gasteiger partial charge in [0.25, 0.3) is 0 Å². The van der Waals surface area contributed by atoms with E-state index in [1.165, 1.54) is 11.3 Å². The first kappa shape index (κ1) is 18.9. The quantitative estimate of drug-likeness (QED) is 0.507. The SMILES string of the molecule is CCC1C(=O)Nc2cnc(-c3cn[nH]c3-c3nccs3)nc2N1c1cccc(C#N)c1. The van der Waals surface area contributed by atoms with E-state index in [1.807, 2.05) is 23.3 Å². The number of hydrogen-bond acceptors (Lipinski definition) is 8. The van der Waals surface area contributed by atoms with Crippen LogP contribution in [0.15, 0.2) is 48.2 Å². The molecule has 3 aromatic heterocycles. The first-order chi connectivity index (χ1) is 15.2. The number of H-pyrrole nitrogens is 1. The molecule has 1 aromatic carbocycles. The molecule has 10 heteroatoms. The Kier molecular flexibility index (Phi) is 4.65. The van der Waals surface area contributed by atoms with Crippen molar-refractivity contribution >= 4 is 34.4 Å². The van der Waals surface area contributed by atoms with Gasteiger partial charge in [0.05, 0.1) is 29.6 Å². The molecule has 1 unspecified atom stereocenters. The Hall–Kier alpha value is -4.10. The summed E-state index contributed by atoms with van der Waals surface area (Å²) < 4.78 is 0. The molecule has 31 heavy (non-hydrogen) atoms. The molecule has 5 rings (SSSR count). The Morgan fingerprint density at radius 2 is 2.19 bits per heavy atom. The molecule has 0 saturated carbocycles. The van der Waals surface area contributed by atoms with Crippen LogP contribution in [0.4, 0.5) is 17.2 Å². The number of rotatable bonds is 4. The summed E-state index contributed by atoms with van der Waals surface area (Å²) in [7, 11) is 0. The topological polar surface area (TPSA) is 123 Å². The van der Waals surface area contributed by atoms with Crippen LogP contribution < -0.4 is 10.2 Å². The lowest BCUT2D eigenvalue weighted by Gasteiger charge is -2.36. The highest BCUT2D eigenvalue weighted by molar-refractivity contribution is 7.13. The van der Waals surface area contributed by atoms with Gasteiger partial charge >= 0.3 is 0 Å². The minimum absolute atomic E-state index is 0.138. The molecule has 0 bridgehead atoms. The van der Waals surface area contributed by atoms with E-state index in [0.717, 1.165) is 16.4 Å². The van der Waals surface area contributed by atoms with Crippen LogP contribution in [-0.4, -0.2) is 37.1 Å². The molecular formula is C21H16N8OS. The number of amides is 1. The van der Waals surface area contributed by atoms with Crippen molar-refractivity contribution in [1.82, 2.24) is 25.1 Å². The van der Waals surface area contributed by atoms with E-state index in [2.05, 4.69) is 31.6 Å². The van der Waals surface area contributed by atoms with Gasteiger partial charge in [-0.15, -0.1) is 11.3 Å². The number of nitrogens with zero attached hydrogens (tertiary/aromatic N) is 6. The Morgan fingerprint density at radius 3 is 2.97 bits per heavy atom. The van der Waals surface area contributed by atoms with Crippen LogP contribution in [0.1, 0.15) is 18.9 Å². The highest BCUT2D eigenvalue weighted by Gasteiger charge is 2.35. The van der Waals surface area contributed by atoms with Gasteiger partial charge in [0.2, 0.25) is 5.91 Å². The average molecular weight is 428 g/mol. The minimum Gasteiger partial charge on any atom is -0.320 e. The van der Waals surface area contributed by atoms with Gasteiger partial charge in [0.15, 0.2) is 11.6 Å². The molecule has 0 fully saturated rings. The zero-order valence-corrected chi connectivity index (χ0v) is 17.2. The highest BCUT2D eigenvalue weighted by Crippen LogP contribution is 2.39. The maximum Gasteiger partial charge on any atom is 0.247 e. The third-order valence-electron chi connectivity index (χ3n) is 5.04. The summed E-state index contributed by atoms with van der Waals surface area (Å²) in [5.74, 6) is 0.892. The summed E-state index contributed by atoms with van der Waals surface area (Å²) in [6.07, 6.45) is 5.56. The highest BCUT2D eigenvalue weighted by atomic mass is 32.1. The predicted molar refractivity (Wildman–Crippen MR) is 117 cm³/mol. The fourth-order valence-electron chi connectivity index (χ4n) is 3.62. The molecule has 2 N–H and O–H groups in total. The fourth-order valence-corrected chi connectivity index (χ4v) is 4.26. The number of fused-ring (bicyclic) bond motifs is 1. The van der Waals surface area contributed by atoms with E-state index in [0.29, 0.717) is 34.9 Å². The molecule has 0 radical (unpaired) electrons. The van der Waals surface area contributed by atoms with Gasteiger partial charge in [-0.3, -0.25) is 9.89 Å². The summed E-state index contributed by atoms with van der Waals surface area (Å²) in [6.45, 7) is 1.94. The maximum absolute atomic E-state index is 12.8. The van der Waals surface area contributed by atoms with Crippen molar-refractivity contribution in [2.24, 2.45) is 0 Å². The van der Waals surface area contributed by atoms with E-state index in [-0.39, 0.29) is 5.91 Å². The van der Waals surface area contributed by atoms with E-state index in [9.17, 15) is 10.1 Å². The molecule has 0 saturated heterocycles. The van der Waals surface area contributed by atoms with Crippen molar-refractivity contribution in [2.45, 2.75) is 19.4 Å². The lowest BCUT2D eigenvalue weighted by atomic mass is 10.1. The van der Waals surface area contributed by atoms with E-state index < -0.39 is 6.04 Å². The van der Waals surface area contributed by atoms with E-state index >= 15 is 0 Å². The molecule has 4 heterocycles. The monoisotopic (exact) mass is 428 g/mol. The second-order valence-electron chi connectivity index (χ2n) is 6.87. The van der Waals surface area contributed by atoms with Gasteiger partial charge in [-0.05, 0) is 24.6 Å². The van der Waals surface area contributed by atoms with Gasteiger partial charge in [0.1, 0.15) is 22.4 Å². The second kappa shape index (κ2) is 7.62. The molecule has 0 spiro atoms. The Balaban J connectivity index is 1.67. The predicted octanol–water partition coefficient (Wildman–Crippen LogP) is 3.73. The number of aromatic nitrogens is 5. The molecule has 1 atom stereocenters. The molecule has 1 aliphatic rings. The van der Waals surface area contributed by atoms with Crippen LogP contribution in [-0.2, 0) is 4.79 Å². The third-order valence-corrected chi connectivity index (χ3v) is 5.83. The van der Waals surface area contributed by atoms with Crippen LogP contribution in [0.25, 0.3) is 22.1 Å². The number of carbonyl (C=O) groups excluding carboxylic acids is 1. The smallest absolute Gasteiger partial charge is 0.247 e. The Bertz CT molecular complexity index is 1310. The van der Waals surface area contributed by atoms with Crippen LogP contribution in [0.2, 0.25) is 0 Å². The maximum atomic E-state index is 12.8. The van der Waals surface area contributed by atoms with Gasteiger partial charge in [-0.25, -0.2) is 15.0 Å². The van der Waals surface area contributed by atoms with Gasteiger partial charge in [-0.2, -0.15) is 10.4 Å². The number of aromatic amines is 1. The lowest BCUT2D eigenvalue weighted by molar-refractivity contribution is -0.117. The largest absolute Gasteiger partial charge is 0.320 e. The molecule has 0 aliphatic carbocycles. The standard InChI is InChI=1S/C21H16N8OS/c1-2-16-20(30)26-15-11-24-18(14-10-25-28-17(14)21-23-6-7-31-21)27-19(15)29(16)13-5-3-4-12(8-13)9-22/h3-8,10-11,16H,2H2,1H3,(H,25,28)(H,26,30). The number of nitrogens with one attached hydrogen (secondary N) is 2. The van der Waals surface area contributed by atoms with Crippen LogP contribution in [0, 0.1) is 11.3 Å². The van der Waals surface area contributed by atoms with Crippen LogP contribution in [0.3, 0.4) is 0 Å². The van der Waals surface area contributed by atoms with Crippen molar-refractivity contribution in [2.75, 3.05) is 10.2 Å². The molecule has 1 aliphatic heterocycles. The fraction of sp³-hybridized carbons (Fsp3) is 0.143. The number of nitriles is 1. The normalized spacial score (nSPS) is 15.3. The third kappa shape index (κ3) is 3.21. The summed E-state index contributed by atoms with van der Waals surface area (Å²) in [6, 6.07) is 8.84. The van der Waals surface area contributed by atoms with E-state index in [1.54, 1.807) is 36.8 Å². The Labute approximate surface area is 181 Å². The number of hydrogen-bond donors (Lipinski definition) is 2. The first-order valence-electron chi connectivity index (χ1n) is 9.60. The van der Waals surface area contributed by atoms with Crippen molar-refractivity contribution in [3.8, 4) is 28.2 Å². The van der Waals surface area contributed by atoms with Crippen molar-refractivity contribution in [1.29, 1.82) is 5.26 Å². The zero-order valence-electron chi connectivity index (χ0n) is 16.4. The van der Waals surface area contributed by atoms with Gasteiger partial charge in [-0.1, -0.05) is 13.0 Å². The van der Waals surface area contributed by atoms with E-state index in [4.69, 9.17) is 4.98 Å². The number of thiazole rings is 1. The van der Waals surface area contributed by atoms with Gasteiger partial charge < -0.3 is 10.2 Å². The summed E-state index contributed by atoms with van der Waals surface area (Å²) in [4.78, 5) is 28.2. The summed E-state index contributed by atoms with van der Waals surface area (Å²) >= 11 is 1.49. The Morgan fingerprint density at radius 1 is 1.29 bits per heavy atom. The molecule has 1 amide bonds. The molecule has 9 nitrogen and oxygen atoms in total. The summed E-state index contributed by atoms with van der Waals surface area (Å²) in [5.41, 5.74) is 3.20.